The van der Waals surface area contributed by atoms with E-state index in [-0.39, 0.29) is 10.7 Å². The van der Waals surface area contributed by atoms with Crippen LogP contribution in [0.4, 0.5) is 11.6 Å². The molecule has 0 atom stereocenters. The summed E-state index contributed by atoms with van der Waals surface area (Å²) in [7, 11) is -3.68. The zero-order valence-corrected chi connectivity index (χ0v) is 15.2. The molecular weight excluding hydrogens is 348 g/mol. The van der Waals surface area contributed by atoms with Gasteiger partial charge in [0.2, 0.25) is 0 Å². The molecule has 134 valence electrons. The van der Waals surface area contributed by atoms with Gasteiger partial charge in [-0.15, -0.1) is 10.2 Å². The van der Waals surface area contributed by atoms with Crippen molar-refractivity contribution in [3.8, 4) is 0 Å². The lowest BCUT2D eigenvalue weighted by molar-refractivity contribution is 0.600. The van der Waals surface area contributed by atoms with Crippen LogP contribution in [-0.2, 0) is 16.4 Å². The van der Waals surface area contributed by atoms with E-state index in [2.05, 4.69) is 32.4 Å². The highest BCUT2D eigenvalue weighted by Gasteiger charge is 2.17. The van der Waals surface area contributed by atoms with Gasteiger partial charge >= 0.3 is 0 Å². The van der Waals surface area contributed by atoms with Gasteiger partial charge in [0.05, 0.1) is 4.90 Å². The fraction of sp³-hybridized carbons (Fsp3) is 0.158. The Hall–Kier alpha value is -2.93. The zero-order valence-electron chi connectivity index (χ0n) is 14.4. The highest BCUT2D eigenvalue weighted by molar-refractivity contribution is 7.92. The summed E-state index contributed by atoms with van der Waals surface area (Å²) in [6.45, 7) is 2.47. The summed E-state index contributed by atoms with van der Waals surface area (Å²) < 4.78 is 27.3. The molecule has 0 bridgehead atoms. The number of hydrogen-bond donors (Lipinski definition) is 2. The maximum atomic E-state index is 12.4. The summed E-state index contributed by atoms with van der Waals surface area (Å²) in [5, 5.41) is 11.1. The minimum Gasteiger partial charge on any atom is -0.368 e. The summed E-state index contributed by atoms with van der Waals surface area (Å²) in [4.78, 5) is 0.229. The molecule has 0 unspecified atom stereocenters. The Balaban J connectivity index is 1.60. The number of nitrogens with zero attached hydrogens (tertiary/aromatic N) is 2. The molecule has 0 aliphatic carbocycles. The van der Waals surface area contributed by atoms with Crippen LogP contribution in [0.25, 0.3) is 0 Å². The van der Waals surface area contributed by atoms with Crippen molar-refractivity contribution in [1.82, 2.24) is 10.2 Å². The molecule has 0 radical (unpaired) electrons. The first-order valence-corrected chi connectivity index (χ1v) is 9.73. The van der Waals surface area contributed by atoms with Gasteiger partial charge in [-0.25, -0.2) is 8.42 Å². The van der Waals surface area contributed by atoms with Crippen molar-refractivity contribution in [2.75, 3.05) is 16.6 Å². The van der Waals surface area contributed by atoms with Crippen molar-refractivity contribution in [2.45, 2.75) is 18.2 Å². The molecule has 0 aliphatic heterocycles. The highest BCUT2D eigenvalue weighted by Crippen LogP contribution is 2.18. The maximum Gasteiger partial charge on any atom is 0.263 e. The second-order valence-electron chi connectivity index (χ2n) is 5.84. The molecule has 0 saturated carbocycles. The van der Waals surface area contributed by atoms with Gasteiger partial charge in [0.25, 0.3) is 10.0 Å². The first kappa shape index (κ1) is 17.9. The Bertz CT molecular complexity index is 958. The first-order chi connectivity index (χ1) is 12.5. The SMILES string of the molecule is Cc1ccccc1S(=O)(=O)Nc1ccc(NCCc2ccccc2)nn1. The second-order valence-corrected chi connectivity index (χ2v) is 7.49. The van der Waals surface area contributed by atoms with Gasteiger partial charge in [-0.1, -0.05) is 48.5 Å². The average molecular weight is 368 g/mol. The van der Waals surface area contributed by atoms with Gasteiger partial charge in [-0.2, -0.15) is 0 Å². The molecule has 3 rings (SSSR count). The largest absolute Gasteiger partial charge is 0.368 e. The fourth-order valence-corrected chi connectivity index (χ4v) is 3.75. The fourth-order valence-electron chi connectivity index (χ4n) is 2.51. The summed E-state index contributed by atoms with van der Waals surface area (Å²) in [5.41, 5.74) is 1.91. The van der Waals surface area contributed by atoms with Crippen molar-refractivity contribution in [2.24, 2.45) is 0 Å². The van der Waals surface area contributed by atoms with Gasteiger partial charge in [-0.3, -0.25) is 4.72 Å². The van der Waals surface area contributed by atoms with Crippen LogP contribution in [0.15, 0.2) is 71.6 Å². The Labute approximate surface area is 153 Å². The molecular formula is C19H20N4O2S. The predicted octanol–water partition coefficient (Wildman–Crippen LogP) is 3.24. The Morgan fingerprint density at radius 1 is 0.846 bits per heavy atom. The standard InChI is InChI=1S/C19H20N4O2S/c1-15-7-5-6-10-17(15)26(24,25)23-19-12-11-18(21-22-19)20-14-13-16-8-3-2-4-9-16/h2-12H,13-14H2,1H3,(H,20,21)(H,22,23). The quantitative estimate of drug-likeness (QED) is 0.669. The number of anilines is 2. The molecule has 6 nitrogen and oxygen atoms in total. The van der Waals surface area contributed by atoms with Crippen LogP contribution in [0.2, 0.25) is 0 Å². The van der Waals surface area contributed by atoms with Gasteiger partial charge < -0.3 is 5.32 Å². The molecule has 3 aromatic rings. The highest BCUT2D eigenvalue weighted by atomic mass is 32.2. The molecule has 0 spiro atoms. The normalized spacial score (nSPS) is 11.1. The topological polar surface area (TPSA) is 84.0 Å². The van der Waals surface area contributed by atoms with Gasteiger partial charge in [-0.05, 0) is 42.7 Å². The molecule has 1 heterocycles. The van der Waals surface area contributed by atoms with Gasteiger partial charge in [0, 0.05) is 6.54 Å². The van der Waals surface area contributed by atoms with Crippen molar-refractivity contribution in [1.29, 1.82) is 0 Å². The van der Waals surface area contributed by atoms with E-state index in [1.54, 1.807) is 43.3 Å². The third-order valence-electron chi connectivity index (χ3n) is 3.85. The minimum atomic E-state index is -3.68. The Kier molecular flexibility index (Phi) is 5.48. The summed E-state index contributed by atoms with van der Waals surface area (Å²) in [5.74, 6) is 0.779. The minimum absolute atomic E-state index is 0.182. The lowest BCUT2D eigenvalue weighted by Gasteiger charge is -2.10. The van der Waals surface area contributed by atoms with E-state index in [0.717, 1.165) is 6.42 Å². The van der Waals surface area contributed by atoms with E-state index in [1.807, 2.05) is 18.2 Å². The van der Waals surface area contributed by atoms with Gasteiger partial charge in [0.15, 0.2) is 5.82 Å². The maximum absolute atomic E-state index is 12.4. The number of hydrogen-bond acceptors (Lipinski definition) is 5. The van der Waals surface area contributed by atoms with E-state index in [1.165, 1.54) is 5.56 Å². The van der Waals surface area contributed by atoms with E-state index < -0.39 is 10.0 Å². The molecule has 2 aromatic carbocycles. The van der Waals surface area contributed by atoms with Crippen LogP contribution < -0.4 is 10.0 Å². The summed E-state index contributed by atoms with van der Waals surface area (Å²) in [6.07, 6.45) is 0.865. The van der Waals surface area contributed by atoms with Crippen molar-refractivity contribution in [3.63, 3.8) is 0 Å². The van der Waals surface area contributed by atoms with E-state index >= 15 is 0 Å². The van der Waals surface area contributed by atoms with E-state index in [9.17, 15) is 8.42 Å². The predicted molar refractivity (Wildman–Crippen MR) is 103 cm³/mol. The number of rotatable bonds is 7. The van der Waals surface area contributed by atoms with Gasteiger partial charge in [0.1, 0.15) is 5.82 Å². The van der Waals surface area contributed by atoms with Crippen molar-refractivity contribution in [3.05, 3.63) is 77.9 Å². The summed E-state index contributed by atoms with van der Waals surface area (Å²) >= 11 is 0. The number of benzene rings is 2. The molecule has 7 heteroatoms. The number of aromatic nitrogens is 2. The third kappa shape index (κ3) is 4.58. The molecule has 0 amide bonds. The molecule has 0 saturated heterocycles. The average Bonchev–Trinajstić information content (AvgIpc) is 2.64. The lowest BCUT2D eigenvalue weighted by atomic mass is 10.1. The van der Waals surface area contributed by atoms with E-state index in [0.29, 0.717) is 17.9 Å². The number of nitrogens with one attached hydrogen (secondary N) is 2. The van der Waals surface area contributed by atoms with Crippen LogP contribution in [-0.4, -0.2) is 25.2 Å². The number of sulfonamides is 1. The molecule has 2 N–H and O–H groups in total. The van der Waals surface area contributed by atoms with Crippen LogP contribution in [0.1, 0.15) is 11.1 Å². The third-order valence-corrected chi connectivity index (χ3v) is 5.36. The Morgan fingerprint density at radius 2 is 1.50 bits per heavy atom. The van der Waals surface area contributed by atoms with E-state index in [4.69, 9.17) is 0 Å². The van der Waals surface area contributed by atoms with Crippen LogP contribution in [0.5, 0.6) is 0 Å². The smallest absolute Gasteiger partial charge is 0.263 e. The monoisotopic (exact) mass is 368 g/mol. The molecule has 0 fully saturated rings. The van der Waals surface area contributed by atoms with Crippen molar-refractivity contribution < 1.29 is 8.42 Å². The van der Waals surface area contributed by atoms with Crippen LogP contribution >= 0.6 is 0 Å². The Morgan fingerprint density at radius 3 is 2.19 bits per heavy atom. The van der Waals surface area contributed by atoms with Crippen LogP contribution in [0, 0.1) is 6.92 Å². The molecule has 26 heavy (non-hydrogen) atoms. The molecule has 1 aromatic heterocycles. The first-order valence-electron chi connectivity index (χ1n) is 8.24. The van der Waals surface area contributed by atoms with Crippen LogP contribution in [0.3, 0.4) is 0 Å². The zero-order chi connectivity index (χ0) is 18.4. The summed E-state index contributed by atoms with van der Waals surface area (Å²) in [6, 6.07) is 20.2. The molecule has 0 aliphatic rings. The van der Waals surface area contributed by atoms with Crippen molar-refractivity contribution >= 4 is 21.7 Å². The number of aryl methyl sites for hydroxylation is 1. The lowest BCUT2D eigenvalue weighted by Crippen LogP contribution is -2.15. The second kappa shape index (κ2) is 7.97.